The number of alkyl halides is 3. The van der Waals surface area contributed by atoms with Gasteiger partial charge in [-0.2, -0.15) is 13.2 Å². The number of carbonyl (C=O) groups excluding carboxylic acids is 1. The maximum absolute atomic E-state index is 12.7. The van der Waals surface area contributed by atoms with Crippen molar-refractivity contribution in [3.8, 4) is 5.75 Å². The third kappa shape index (κ3) is 4.11. The van der Waals surface area contributed by atoms with Crippen LogP contribution in [0.2, 0.25) is 5.02 Å². The van der Waals surface area contributed by atoms with Gasteiger partial charge in [-0.05, 0) is 24.3 Å². The maximum Gasteiger partial charge on any atom is 0.417 e. The van der Waals surface area contributed by atoms with Crippen molar-refractivity contribution in [1.82, 2.24) is 4.90 Å². The summed E-state index contributed by atoms with van der Waals surface area (Å²) in [5.41, 5.74) is -0.547. The second-order valence-corrected chi connectivity index (χ2v) is 5.44. The number of hydroxylamine groups is 1. The lowest BCUT2D eigenvalue weighted by Crippen LogP contribution is -2.41. The van der Waals surface area contributed by atoms with Gasteiger partial charge < -0.3 is 9.74 Å². The predicted octanol–water partition coefficient (Wildman–Crippen LogP) is 4.84. The maximum atomic E-state index is 12.7. The first-order valence-electron chi connectivity index (χ1n) is 6.81. The van der Waals surface area contributed by atoms with Crippen molar-refractivity contribution in [2.24, 2.45) is 0 Å². The number of amides is 2. The van der Waals surface area contributed by atoms with Crippen molar-refractivity contribution in [1.29, 1.82) is 0 Å². The quantitative estimate of drug-likeness (QED) is 0.735. The summed E-state index contributed by atoms with van der Waals surface area (Å²) in [6, 6.07) is 10.9. The van der Waals surface area contributed by atoms with Gasteiger partial charge in [-0.3, -0.25) is 0 Å². The summed E-state index contributed by atoms with van der Waals surface area (Å²) >= 11 is 5.67. The lowest BCUT2D eigenvalue weighted by atomic mass is 10.2. The Kier molecular flexibility index (Phi) is 5.23. The van der Waals surface area contributed by atoms with Crippen LogP contribution < -0.4 is 9.90 Å². The van der Waals surface area contributed by atoms with E-state index in [1.165, 1.54) is 19.0 Å². The molecule has 128 valence electrons. The minimum atomic E-state index is -4.56. The number of halogens is 4. The minimum absolute atomic E-state index is 0.00653. The molecule has 2 aromatic carbocycles. The summed E-state index contributed by atoms with van der Waals surface area (Å²) < 4.78 is 38.2. The van der Waals surface area contributed by atoms with Crippen molar-refractivity contribution >= 4 is 23.3 Å². The van der Waals surface area contributed by atoms with Crippen LogP contribution in [0.1, 0.15) is 5.56 Å². The molecular weight excluding hydrogens is 345 g/mol. The van der Waals surface area contributed by atoms with Crippen molar-refractivity contribution in [3.63, 3.8) is 0 Å². The molecule has 0 bridgehead atoms. The summed E-state index contributed by atoms with van der Waals surface area (Å²) in [4.78, 5) is 19.0. The fourth-order valence-electron chi connectivity index (χ4n) is 1.84. The minimum Gasteiger partial charge on any atom is -0.370 e. The van der Waals surface area contributed by atoms with Crippen molar-refractivity contribution in [3.05, 3.63) is 59.1 Å². The number of carbonyl (C=O) groups is 1. The van der Waals surface area contributed by atoms with Gasteiger partial charge in [-0.1, -0.05) is 29.8 Å². The molecule has 0 atom stereocenters. The number of hydrogen-bond donors (Lipinski definition) is 0. The van der Waals surface area contributed by atoms with Crippen LogP contribution in [0.25, 0.3) is 0 Å². The molecule has 0 aliphatic carbocycles. The predicted molar refractivity (Wildman–Crippen MR) is 85.1 cm³/mol. The van der Waals surface area contributed by atoms with Crippen LogP contribution in [0.5, 0.6) is 5.75 Å². The van der Waals surface area contributed by atoms with E-state index in [-0.39, 0.29) is 5.75 Å². The molecule has 0 saturated carbocycles. The van der Waals surface area contributed by atoms with Crippen LogP contribution in [-0.2, 0) is 6.18 Å². The van der Waals surface area contributed by atoms with Crippen LogP contribution in [-0.4, -0.2) is 25.0 Å². The van der Waals surface area contributed by atoms with Crippen LogP contribution in [0.3, 0.4) is 0 Å². The van der Waals surface area contributed by atoms with E-state index in [9.17, 15) is 18.0 Å². The lowest BCUT2D eigenvalue weighted by Gasteiger charge is -2.25. The van der Waals surface area contributed by atoms with E-state index in [2.05, 4.69) is 0 Å². The zero-order valence-electron chi connectivity index (χ0n) is 12.8. The molecule has 0 heterocycles. The third-order valence-corrected chi connectivity index (χ3v) is 3.30. The van der Waals surface area contributed by atoms with E-state index in [1.807, 2.05) is 0 Å². The lowest BCUT2D eigenvalue weighted by molar-refractivity contribution is -0.137. The Morgan fingerprint density at radius 3 is 2.21 bits per heavy atom. The molecule has 0 aliphatic heterocycles. The van der Waals surface area contributed by atoms with E-state index < -0.39 is 22.8 Å². The molecule has 0 spiro atoms. The van der Waals surface area contributed by atoms with Gasteiger partial charge in [0.05, 0.1) is 16.3 Å². The van der Waals surface area contributed by atoms with Gasteiger partial charge in [-0.25, -0.2) is 4.79 Å². The third-order valence-electron chi connectivity index (χ3n) is 2.99. The van der Waals surface area contributed by atoms with Crippen molar-refractivity contribution in [2.75, 3.05) is 19.2 Å². The standard InChI is InChI=1S/C16H14ClF3N2O2/c1-21(2)15(23)22(11-6-4-3-5-7-11)24-12-8-9-13(14(17)10-12)16(18,19)20/h3-10H,1-2H3. The smallest absolute Gasteiger partial charge is 0.370 e. The molecule has 0 aromatic heterocycles. The highest BCUT2D eigenvalue weighted by atomic mass is 35.5. The van der Waals surface area contributed by atoms with Gasteiger partial charge in [0.2, 0.25) is 0 Å². The number of anilines is 1. The van der Waals surface area contributed by atoms with Gasteiger partial charge >= 0.3 is 12.2 Å². The molecule has 2 rings (SSSR count). The van der Waals surface area contributed by atoms with Gasteiger partial charge in [0.25, 0.3) is 0 Å². The number of rotatable bonds is 3. The molecule has 0 fully saturated rings. The van der Waals surface area contributed by atoms with Gasteiger partial charge in [0.15, 0.2) is 5.75 Å². The first kappa shape index (κ1) is 17.9. The molecule has 2 amide bonds. The second-order valence-electron chi connectivity index (χ2n) is 5.04. The van der Waals surface area contributed by atoms with Crippen LogP contribution in [0.4, 0.5) is 23.7 Å². The molecular formula is C16H14ClF3N2O2. The fraction of sp³-hybridized carbons (Fsp3) is 0.188. The van der Waals surface area contributed by atoms with Crippen LogP contribution in [0, 0.1) is 0 Å². The number of urea groups is 1. The van der Waals surface area contributed by atoms with E-state index >= 15 is 0 Å². The summed E-state index contributed by atoms with van der Waals surface area (Å²) in [6.07, 6.45) is -4.56. The highest BCUT2D eigenvalue weighted by Crippen LogP contribution is 2.36. The van der Waals surface area contributed by atoms with E-state index in [0.29, 0.717) is 5.69 Å². The fourth-order valence-corrected chi connectivity index (χ4v) is 2.11. The molecule has 0 aliphatic rings. The number of benzene rings is 2. The Hall–Kier alpha value is -2.41. The zero-order chi connectivity index (χ0) is 17.9. The summed E-state index contributed by atoms with van der Waals surface area (Å²) in [5.74, 6) is 0.00653. The summed E-state index contributed by atoms with van der Waals surface area (Å²) in [6.45, 7) is 0. The van der Waals surface area contributed by atoms with Gasteiger partial charge in [0, 0.05) is 20.2 Å². The van der Waals surface area contributed by atoms with E-state index in [1.54, 1.807) is 30.3 Å². The first-order chi connectivity index (χ1) is 11.2. The average Bonchev–Trinajstić information content (AvgIpc) is 2.51. The molecule has 0 saturated heterocycles. The molecule has 0 radical (unpaired) electrons. The van der Waals surface area contributed by atoms with Crippen LogP contribution in [0.15, 0.2) is 48.5 Å². The van der Waals surface area contributed by atoms with Crippen LogP contribution >= 0.6 is 11.6 Å². The topological polar surface area (TPSA) is 32.8 Å². The molecule has 24 heavy (non-hydrogen) atoms. The molecule has 0 unspecified atom stereocenters. The van der Waals surface area contributed by atoms with E-state index in [0.717, 1.165) is 23.3 Å². The highest BCUT2D eigenvalue weighted by Gasteiger charge is 2.33. The molecule has 2 aromatic rings. The molecule has 0 N–H and O–H groups in total. The summed E-state index contributed by atoms with van der Waals surface area (Å²) in [7, 11) is 3.06. The normalized spacial score (nSPS) is 11.1. The number of hydrogen-bond acceptors (Lipinski definition) is 2. The monoisotopic (exact) mass is 358 g/mol. The van der Waals surface area contributed by atoms with Crippen molar-refractivity contribution in [2.45, 2.75) is 6.18 Å². The Labute approximate surface area is 141 Å². The Morgan fingerprint density at radius 1 is 1.08 bits per heavy atom. The number of para-hydroxylation sites is 1. The largest absolute Gasteiger partial charge is 0.417 e. The number of nitrogens with zero attached hydrogens (tertiary/aromatic N) is 2. The van der Waals surface area contributed by atoms with Crippen molar-refractivity contribution < 1.29 is 22.8 Å². The average molecular weight is 359 g/mol. The molecule has 4 nitrogen and oxygen atoms in total. The first-order valence-corrected chi connectivity index (χ1v) is 7.19. The Balaban J connectivity index is 2.34. The van der Waals surface area contributed by atoms with Gasteiger partial charge in [0.1, 0.15) is 0 Å². The molecule has 8 heteroatoms. The van der Waals surface area contributed by atoms with Gasteiger partial charge in [-0.15, -0.1) is 5.06 Å². The second kappa shape index (κ2) is 7.00. The SMILES string of the molecule is CN(C)C(=O)N(Oc1ccc(C(F)(F)F)c(Cl)c1)c1ccccc1. The Bertz CT molecular complexity index is 721. The van der Waals surface area contributed by atoms with E-state index in [4.69, 9.17) is 16.4 Å². The summed E-state index contributed by atoms with van der Waals surface area (Å²) in [5, 5.41) is 0.462. The highest BCUT2D eigenvalue weighted by molar-refractivity contribution is 6.31. The Morgan fingerprint density at radius 2 is 1.71 bits per heavy atom. The zero-order valence-corrected chi connectivity index (χ0v) is 13.6.